The third-order valence-corrected chi connectivity index (χ3v) is 2.31. The summed E-state index contributed by atoms with van der Waals surface area (Å²) < 4.78 is 42.3. The molecule has 0 bridgehead atoms. The average molecular weight is 426 g/mol. The lowest BCUT2D eigenvalue weighted by atomic mass is 10.1. The van der Waals surface area contributed by atoms with Crippen LogP contribution in [0.4, 0.5) is 13.2 Å². The molecule has 1 aromatic heterocycles. The number of rotatable bonds is 2. The zero-order valence-electron chi connectivity index (χ0n) is 12.7. The van der Waals surface area contributed by atoms with Crippen molar-refractivity contribution in [3.63, 3.8) is 0 Å². The maximum atomic E-state index is 12.3. The zero-order chi connectivity index (χ0) is 16.0. The van der Waals surface area contributed by atoms with Gasteiger partial charge in [0.15, 0.2) is 5.75 Å². The van der Waals surface area contributed by atoms with Crippen LogP contribution < -0.4 is 4.74 Å². The van der Waals surface area contributed by atoms with Gasteiger partial charge in [-0.05, 0) is 37.1 Å². The molecule has 0 saturated carbocycles. The molecule has 0 unspecified atom stereocenters. The number of halogens is 4. The third kappa shape index (κ3) is 6.17. The summed E-state index contributed by atoms with van der Waals surface area (Å²) in [6.45, 7) is 7.81. The number of nitrogens with zero attached hydrogens (tertiary/aromatic N) is 2. The maximum Gasteiger partial charge on any atom is 0.451 e. The van der Waals surface area contributed by atoms with Gasteiger partial charge in [-0.2, -0.15) is 13.2 Å². The molecule has 122 valence electrons. The molecule has 0 amide bonds. The Balaban J connectivity index is 0.00000141. The van der Waals surface area contributed by atoms with Gasteiger partial charge in [0.2, 0.25) is 5.82 Å². The first-order valence-electron chi connectivity index (χ1n) is 6.50. The number of aromatic nitrogens is 2. The van der Waals surface area contributed by atoms with E-state index in [1.165, 1.54) is 0 Å². The smallest absolute Gasteiger partial charge is 0.451 e. The van der Waals surface area contributed by atoms with E-state index >= 15 is 0 Å². The first-order valence-corrected chi connectivity index (χ1v) is 6.50. The summed E-state index contributed by atoms with van der Waals surface area (Å²) >= 11 is 0. The number of hydrogen-bond acceptors (Lipinski definition) is 3. The van der Waals surface area contributed by atoms with E-state index in [-0.39, 0.29) is 29.7 Å². The molecule has 1 aromatic carbocycles. The molecule has 0 saturated heterocycles. The van der Waals surface area contributed by atoms with E-state index in [1.807, 2.05) is 33.8 Å². The number of benzene rings is 1. The number of aryl methyl sites for hydroxylation is 2. The molecular formula is C15H18F3IN2O. The van der Waals surface area contributed by atoms with Gasteiger partial charge in [-0.15, -0.1) is 24.0 Å². The second kappa shape index (κ2) is 8.92. The second-order valence-corrected chi connectivity index (χ2v) is 4.17. The first kappa shape index (κ1) is 20.6. The van der Waals surface area contributed by atoms with Gasteiger partial charge in [0.05, 0.1) is 12.4 Å². The fourth-order valence-electron chi connectivity index (χ4n) is 1.64. The van der Waals surface area contributed by atoms with Gasteiger partial charge in [0.1, 0.15) is 5.75 Å². The molecule has 0 aliphatic carbocycles. The molecule has 22 heavy (non-hydrogen) atoms. The van der Waals surface area contributed by atoms with Crippen molar-refractivity contribution >= 4 is 24.0 Å². The number of alkyl halides is 3. The molecule has 3 nitrogen and oxygen atoms in total. The van der Waals surface area contributed by atoms with Crippen molar-refractivity contribution in [2.45, 2.75) is 33.9 Å². The monoisotopic (exact) mass is 426 g/mol. The van der Waals surface area contributed by atoms with Gasteiger partial charge >= 0.3 is 6.18 Å². The second-order valence-electron chi connectivity index (χ2n) is 4.17. The predicted molar refractivity (Wildman–Crippen MR) is 89.8 cm³/mol. The van der Waals surface area contributed by atoms with Crippen molar-refractivity contribution in [2.75, 3.05) is 0 Å². The molecule has 0 N–H and O–H groups in total. The minimum Gasteiger partial charge on any atom is -0.454 e. The highest BCUT2D eigenvalue weighted by Gasteiger charge is 2.34. The minimum absolute atomic E-state index is 0. The predicted octanol–water partition coefficient (Wildman–Crippen LogP) is 5.55. The molecule has 2 rings (SSSR count). The summed E-state index contributed by atoms with van der Waals surface area (Å²) in [5.74, 6) is -0.473. The Kier molecular flexibility index (Phi) is 8.36. The Morgan fingerprint density at radius 1 is 0.864 bits per heavy atom. The van der Waals surface area contributed by atoms with Crippen LogP contribution in [0, 0.1) is 13.8 Å². The van der Waals surface area contributed by atoms with Gasteiger partial charge in [-0.1, -0.05) is 19.9 Å². The maximum absolute atomic E-state index is 12.3. The lowest BCUT2D eigenvalue weighted by Gasteiger charge is -2.08. The summed E-state index contributed by atoms with van der Waals surface area (Å²) in [5.41, 5.74) is 2.01. The van der Waals surface area contributed by atoms with E-state index in [4.69, 9.17) is 4.74 Å². The molecule has 2 aromatic rings. The molecular weight excluding hydrogens is 408 g/mol. The van der Waals surface area contributed by atoms with Crippen LogP contribution >= 0.6 is 24.0 Å². The Morgan fingerprint density at radius 3 is 1.73 bits per heavy atom. The largest absolute Gasteiger partial charge is 0.454 e. The topological polar surface area (TPSA) is 35.0 Å². The molecule has 1 heterocycles. The quantitative estimate of drug-likeness (QED) is 0.591. The standard InChI is InChI=1S/C13H11F3N2O.C2H6.HI/c1-8-3-9(2)5-10(4-8)19-11-6-17-12(18-7-11)13(14,15)16;1-2;/h3-7H,1-2H3;1-2H3;1H. The van der Waals surface area contributed by atoms with E-state index in [0.29, 0.717) is 5.75 Å². The van der Waals surface area contributed by atoms with Crippen LogP contribution in [-0.2, 0) is 6.18 Å². The molecule has 7 heteroatoms. The Bertz CT molecular complexity index is 566. The van der Waals surface area contributed by atoms with Gasteiger partial charge < -0.3 is 4.74 Å². The van der Waals surface area contributed by atoms with Gasteiger partial charge in [0.25, 0.3) is 0 Å². The van der Waals surface area contributed by atoms with E-state index in [2.05, 4.69) is 9.97 Å². The fraction of sp³-hybridized carbons (Fsp3) is 0.333. The van der Waals surface area contributed by atoms with Gasteiger partial charge in [0, 0.05) is 0 Å². The summed E-state index contributed by atoms with van der Waals surface area (Å²) in [5, 5.41) is 0. The lowest BCUT2D eigenvalue weighted by Crippen LogP contribution is -2.10. The van der Waals surface area contributed by atoms with Crippen molar-refractivity contribution in [1.29, 1.82) is 0 Å². The normalized spacial score (nSPS) is 10.1. The molecule has 0 aliphatic rings. The molecule has 0 aliphatic heterocycles. The van der Waals surface area contributed by atoms with Gasteiger partial charge in [-0.25, -0.2) is 9.97 Å². The summed E-state index contributed by atoms with van der Waals surface area (Å²) in [4.78, 5) is 6.46. The Labute approximate surface area is 145 Å². The summed E-state index contributed by atoms with van der Waals surface area (Å²) in [7, 11) is 0. The zero-order valence-corrected chi connectivity index (χ0v) is 15.1. The van der Waals surface area contributed by atoms with E-state index < -0.39 is 12.0 Å². The van der Waals surface area contributed by atoms with Crippen LogP contribution in [0.3, 0.4) is 0 Å². The van der Waals surface area contributed by atoms with Crippen molar-refractivity contribution in [3.8, 4) is 11.5 Å². The SMILES string of the molecule is CC.Cc1cc(C)cc(Oc2cnc(C(F)(F)F)nc2)c1.I. The van der Waals surface area contributed by atoms with Crippen LogP contribution in [0.5, 0.6) is 11.5 Å². The van der Waals surface area contributed by atoms with E-state index in [9.17, 15) is 13.2 Å². The summed E-state index contributed by atoms with van der Waals surface area (Å²) in [6, 6.07) is 5.53. The number of ether oxygens (including phenoxy) is 1. The Morgan fingerprint density at radius 2 is 1.32 bits per heavy atom. The first-order chi connectivity index (χ1) is 9.84. The molecule has 0 spiro atoms. The van der Waals surface area contributed by atoms with E-state index in [0.717, 1.165) is 23.5 Å². The highest BCUT2D eigenvalue weighted by Crippen LogP contribution is 2.27. The van der Waals surface area contributed by atoms with Crippen LogP contribution in [-0.4, -0.2) is 9.97 Å². The van der Waals surface area contributed by atoms with Crippen molar-refractivity contribution in [3.05, 3.63) is 47.5 Å². The fourth-order valence-corrected chi connectivity index (χ4v) is 1.64. The van der Waals surface area contributed by atoms with Crippen LogP contribution in [0.25, 0.3) is 0 Å². The van der Waals surface area contributed by atoms with Crippen LogP contribution in [0.1, 0.15) is 30.8 Å². The lowest BCUT2D eigenvalue weighted by molar-refractivity contribution is -0.145. The van der Waals surface area contributed by atoms with Crippen molar-refractivity contribution < 1.29 is 17.9 Å². The summed E-state index contributed by atoms with van der Waals surface area (Å²) in [6.07, 6.45) is -2.53. The van der Waals surface area contributed by atoms with Crippen molar-refractivity contribution in [1.82, 2.24) is 9.97 Å². The average Bonchev–Trinajstić information content (AvgIpc) is 2.39. The third-order valence-electron chi connectivity index (χ3n) is 2.31. The van der Waals surface area contributed by atoms with Crippen LogP contribution in [0.2, 0.25) is 0 Å². The highest BCUT2D eigenvalue weighted by molar-refractivity contribution is 14.0. The van der Waals surface area contributed by atoms with Crippen molar-refractivity contribution in [2.24, 2.45) is 0 Å². The molecule has 0 fully saturated rings. The number of hydrogen-bond donors (Lipinski definition) is 0. The molecule has 0 radical (unpaired) electrons. The van der Waals surface area contributed by atoms with Gasteiger partial charge in [-0.3, -0.25) is 0 Å². The molecule has 0 atom stereocenters. The van der Waals surface area contributed by atoms with E-state index in [1.54, 1.807) is 12.1 Å². The highest BCUT2D eigenvalue weighted by atomic mass is 127. The Hall–Kier alpha value is -1.38. The van der Waals surface area contributed by atoms with Crippen LogP contribution in [0.15, 0.2) is 30.6 Å². The minimum atomic E-state index is -4.54.